The summed E-state index contributed by atoms with van der Waals surface area (Å²) in [6.45, 7) is -2.11. The first kappa shape index (κ1) is 17.3. The Bertz CT molecular complexity index is 605. The molecule has 0 aliphatic rings. The van der Waals surface area contributed by atoms with Gasteiger partial charge in [-0.3, -0.25) is 4.79 Å². The van der Waals surface area contributed by atoms with E-state index in [1.165, 1.54) is 26.1 Å². The van der Waals surface area contributed by atoms with Crippen LogP contribution in [-0.4, -0.2) is 44.0 Å². The highest BCUT2D eigenvalue weighted by Gasteiger charge is 2.28. The molecule has 0 amide bonds. The van der Waals surface area contributed by atoms with Gasteiger partial charge in [-0.05, 0) is 12.1 Å². The number of para-hydroxylation sites is 1. The normalized spacial score (nSPS) is 13.4. The molecule has 0 aliphatic heterocycles. The smallest absolute Gasteiger partial charge is 0.387 e. The van der Waals surface area contributed by atoms with Crippen LogP contribution >= 0.6 is 0 Å². The number of nitrogens with zero attached hydrogens (tertiary/aromatic N) is 1. The number of carbonyl (C=O) groups is 1. The minimum Gasteiger partial charge on any atom is -0.481 e. The van der Waals surface area contributed by atoms with E-state index in [0.717, 1.165) is 16.4 Å². The van der Waals surface area contributed by atoms with Gasteiger partial charge in [0, 0.05) is 13.6 Å². The van der Waals surface area contributed by atoms with Crippen LogP contribution in [0.5, 0.6) is 5.75 Å². The Kier molecular flexibility index (Phi) is 5.62. The molecular weight excluding hydrogens is 308 g/mol. The second kappa shape index (κ2) is 6.81. The van der Waals surface area contributed by atoms with Crippen molar-refractivity contribution in [2.45, 2.75) is 18.4 Å². The summed E-state index contributed by atoms with van der Waals surface area (Å²) in [5, 5.41) is 8.80. The number of alkyl halides is 2. The molecule has 118 valence electrons. The molecule has 1 aromatic carbocycles. The number of aliphatic carboxylic acids is 1. The zero-order valence-corrected chi connectivity index (χ0v) is 12.2. The van der Waals surface area contributed by atoms with Gasteiger partial charge in [-0.1, -0.05) is 19.1 Å². The van der Waals surface area contributed by atoms with Crippen molar-refractivity contribution in [2.75, 3.05) is 13.6 Å². The second-order valence-corrected chi connectivity index (χ2v) is 6.36. The topological polar surface area (TPSA) is 83.9 Å². The van der Waals surface area contributed by atoms with Crippen LogP contribution in [0.3, 0.4) is 0 Å². The molecular formula is C12H15F2NO5S. The van der Waals surface area contributed by atoms with Gasteiger partial charge in [0.25, 0.3) is 0 Å². The summed E-state index contributed by atoms with van der Waals surface area (Å²) in [7, 11) is -2.96. The zero-order chi connectivity index (χ0) is 16.2. The maximum Gasteiger partial charge on any atom is 0.387 e. The van der Waals surface area contributed by atoms with E-state index in [-0.39, 0.29) is 6.54 Å². The summed E-state index contributed by atoms with van der Waals surface area (Å²) in [5.74, 6) is -2.58. The Morgan fingerprint density at radius 3 is 2.48 bits per heavy atom. The summed E-state index contributed by atoms with van der Waals surface area (Å²) >= 11 is 0. The highest BCUT2D eigenvalue weighted by atomic mass is 32.2. The Labute approximate surface area is 121 Å². The summed E-state index contributed by atoms with van der Waals surface area (Å²) in [6.07, 6.45) is 0. The molecule has 0 spiro atoms. The van der Waals surface area contributed by atoms with Crippen LogP contribution in [0.15, 0.2) is 29.2 Å². The standard InChI is InChI=1S/C12H15F2NO5S/c1-8(11(16)17)7-15(2)21(18,19)10-6-4-3-5-9(10)20-12(13)14/h3-6,8,12H,7H2,1-2H3,(H,16,17). The van der Waals surface area contributed by atoms with Gasteiger partial charge in [-0.2, -0.15) is 13.1 Å². The highest BCUT2D eigenvalue weighted by molar-refractivity contribution is 7.89. The molecule has 0 fully saturated rings. The Balaban J connectivity index is 3.10. The van der Waals surface area contributed by atoms with E-state index in [9.17, 15) is 22.0 Å². The maximum atomic E-state index is 12.3. The maximum absolute atomic E-state index is 12.3. The number of carboxylic acid groups (broad SMARTS) is 1. The van der Waals surface area contributed by atoms with Gasteiger partial charge in [0.2, 0.25) is 10.0 Å². The summed E-state index contributed by atoms with van der Waals surface area (Å²) in [5.41, 5.74) is 0. The summed E-state index contributed by atoms with van der Waals surface area (Å²) in [4.78, 5) is 10.3. The lowest BCUT2D eigenvalue weighted by Gasteiger charge is -2.20. The second-order valence-electron chi connectivity index (χ2n) is 4.35. The van der Waals surface area contributed by atoms with E-state index in [1.807, 2.05) is 0 Å². The molecule has 1 rings (SSSR count). The molecule has 1 N–H and O–H groups in total. The molecule has 0 saturated heterocycles. The molecule has 0 bridgehead atoms. The van der Waals surface area contributed by atoms with Crippen LogP contribution in [0.2, 0.25) is 0 Å². The molecule has 1 unspecified atom stereocenters. The number of sulfonamides is 1. The van der Waals surface area contributed by atoms with Crippen molar-refractivity contribution in [3.8, 4) is 5.75 Å². The first-order valence-electron chi connectivity index (χ1n) is 5.89. The lowest BCUT2D eigenvalue weighted by Crippen LogP contribution is -2.34. The van der Waals surface area contributed by atoms with Gasteiger partial charge >= 0.3 is 12.6 Å². The molecule has 0 aliphatic carbocycles. The minimum atomic E-state index is -4.13. The van der Waals surface area contributed by atoms with Gasteiger partial charge in [0.05, 0.1) is 5.92 Å². The number of carboxylic acids is 1. The molecule has 0 saturated carbocycles. The van der Waals surface area contributed by atoms with Gasteiger partial charge in [-0.25, -0.2) is 8.42 Å². The quantitative estimate of drug-likeness (QED) is 0.824. The third-order valence-electron chi connectivity index (χ3n) is 2.71. The zero-order valence-electron chi connectivity index (χ0n) is 11.4. The fourth-order valence-electron chi connectivity index (χ4n) is 1.59. The van der Waals surface area contributed by atoms with E-state index in [0.29, 0.717) is 0 Å². The first-order chi connectivity index (χ1) is 9.66. The number of benzene rings is 1. The summed E-state index contributed by atoms with van der Waals surface area (Å²) in [6, 6.07) is 4.94. The number of rotatable bonds is 7. The predicted octanol–water partition coefficient (Wildman–Crippen LogP) is 1.63. The van der Waals surface area contributed by atoms with Crippen LogP contribution in [0.1, 0.15) is 6.92 Å². The van der Waals surface area contributed by atoms with Crippen LogP contribution in [-0.2, 0) is 14.8 Å². The fourth-order valence-corrected chi connectivity index (χ4v) is 2.96. The lowest BCUT2D eigenvalue weighted by atomic mass is 10.2. The van der Waals surface area contributed by atoms with Crippen molar-refractivity contribution < 1.29 is 31.8 Å². The van der Waals surface area contributed by atoms with Gasteiger partial charge in [0.1, 0.15) is 10.6 Å². The van der Waals surface area contributed by atoms with E-state index >= 15 is 0 Å². The largest absolute Gasteiger partial charge is 0.481 e. The minimum absolute atomic E-state index is 0.291. The molecule has 0 heterocycles. The number of halogens is 2. The van der Waals surface area contributed by atoms with Crippen molar-refractivity contribution in [3.05, 3.63) is 24.3 Å². The SMILES string of the molecule is CC(CN(C)S(=O)(=O)c1ccccc1OC(F)F)C(=O)O. The Morgan fingerprint density at radius 2 is 1.95 bits per heavy atom. The van der Waals surface area contributed by atoms with E-state index in [2.05, 4.69) is 4.74 Å². The number of hydrogen-bond acceptors (Lipinski definition) is 4. The van der Waals surface area contributed by atoms with Crippen LogP contribution in [0.25, 0.3) is 0 Å². The fraction of sp³-hybridized carbons (Fsp3) is 0.417. The molecule has 6 nitrogen and oxygen atoms in total. The summed E-state index contributed by atoms with van der Waals surface area (Å²) < 4.78 is 54.2. The van der Waals surface area contributed by atoms with Crippen LogP contribution in [0.4, 0.5) is 8.78 Å². The average molecular weight is 323 g/mol. The van der Waals surface area contributed by atoms with Crippen LogP contribution < -0.4 is 4.74 Å². The third kappa shape index (κ3) is 4.36. The monoisotopic (exact) mass is 323 g/mol. The Morgan fingerprint density at radius 1 is 1.38 bits per heavy atom. The molecule has 0 aromatic heterocycles. The number of ether oxygens (including phenoxy) is 1. The van der Waals surface area contributed by atoms with E-state index in [4.69, 9.17) is 5.11 Å². The third-order valence-corrected chi connectivity index (χ3v) is 4.57. The number of hydrogen-bond donors (Lipinski definition) is 1. The lowest BCUT2D eigenvalue weighted by molar-refractivity contribution is -0.141. The van der Waals surface area contributed by atoms with Crippen LogP contribution in [0, 0.1) is 5.92 Å². The molecule has 1 atom stereocenters. The molecule has 1 aromatic rings. The van der Waals surface area contributed by atoms with E-state index < -0.39 is 39.2 Å². The predicted molar refractivity (Wildman–Crippen MR) is 69.7 cm³/mol. The van der Waals surface area contributed by atoms with Crippen molar-refractivity contribution in [1.82, 2.24) is 4.31 Å². The van der Waals surface area contributed by atoms with Crippen molar-refractivity contribution in [3.63, 3.8) is 0 Å². The first-order valence-corrected chi connectivity index (χ1v) is 7.33. The molecule has 0 radical (unpaired) electrons. The Hall–Kier alpha value is -1.74. The average Bonchev–Trinajstić information content (AvgIpc) is 2.38. The van der Waals surface area contributed by atoms with Gasteiger partial charge in [-0.15, -0.1) is 0 Å². The molecule has 9 heteroatoms. The van der Waals surface area contributed by atoms with Crippen molar-refractivity contribution >= 4 is 16.0 Å². The van der Waals surface area contributed by atoms with Gasteiger partial charge < -0.3 is 9.84 Å². The molecule has 21 heavy (non-hydrogen) atoms. The van der Waals surface area contributed by atoms with Gasteiger partial charge in [0.15, 0.2) is 0 Å². The highest BCUT2D eigenvalue weighted by Crippen LogP contribution is 2.27. The van der Waals surface area contributed by atoms with Crippen molar-refractivity contribution in [1.29, 1.82) is 0 Å². The van der Waals surface area contributed by atoms with Crippen molar-refractivity contribution in [2.24, 2.45) is 5.92 Å². The van der Waals surface area contributed by atoms with E-state index in [1.54, 1.807) is 0 Å².